The van der Waals surface area contributed by atoms with Gasteiger partial charge in [-0.15, -0.1) is 0 Å². The van der Waals surface area contributed by atoms with E-state index in [2.05, 4.69) is 36.8 Å². The van der Waals surface area contributed by atoms with Crippen LogP contribution < -0.4 is 0 Å². The minimum absolute atomic E-state index is 0.521. The van der Waals surface area contributed by atoms with Crippen LogP contribution in [-0.2, 0) is 10.2 Å². The van der Waals surface area contributed by atoms with Crippen molar-refractivity contribution in [1.82, 2.24) is 4.98 Å². The summed E-state index contributed by atoms with van der Waals surface area (Å²) in [6, 6.07) is 1.78. The van der Waals surface area contributed by atoms with Gasteiger partial charge in [-0.2, -0.15) is 0 Å². The van der Waals surface area contributed by atoms with Gasteiger partial charge in [-0.3, -0.25) is 9.78 Å². The Morgan fingerprint density at radius 3 is 2.50 bits per heavy atom. The quantitative estimate of drug-likeness (QED) is 0.910. The van der Waals surface area contributed by atoms with Gasteiger partial charge in [0.25, 0.3) is 0 Å². The van der Waals surface area contributed by atoms with Crippen molar-refractivity contribution >= 4 is 37.8 Å². The number of carboxylic acids is 1. The second-order valence-corrected chi connectivity index (χ2v) is 5.18. The number of carbonyl (C=O) groups is 1. The number of hydrogen-bond acceptors (Lipinski definition) is 2. The topological polar surface area (TPSA) is 50.2 Å². The van der Waals surface area contributed by atoms with Gasteiger partial charge in [0.2, 0.25) is 0 Å². The first kappa shape index (κ1) is 11.7. The summed E-state index contributed by atoms with van der Waals surface area (Å²) in [6.07, 6.45) is 1.59. The van der Waals surface area contributed by atoms with Crippen molar-refractivity contribution in [3.63, 3.8) is 0 Å². The molecule has 0 saturated heterocycles. The van der Waals surface area contributed by atoms with Gasteiger partial charge in [-0.25, -0.2) is 0 Å². The molecule has 14 heavy (non-hydrogen) atoms. The Morgan fingerprint density at radius 1 is 1.50 bits per heavy atom. The number of carboxylic acid groups (broad SMARTS) is 1. The molecule has 0 aliphatic carbocycles. The lowest BCUT2D eigenvalue weighted by Gasteiger charge is -2.19. The first-order chi connectivity index (χ1) is 6.35. The summed E-state index contributed by atoms with van der Waals surface area (Å²) in [7, 11) is 0. The van der Waals surface area contributed by atoms with Gasteiger partial charge in [0.1, 0.15) is 5.41 Å². The molecule has 1 heterocycles. The lowest BCUT2D eigenvalue weighted by molar-refractivity contribution is -0.142. The number of rotatable bonds is 2. The Balaban J connectivity index is 3.26. The highest BCUT2D eigenvalue weighted by atomic mass is 79.9. The van der Waals surface area contributed by atoms with Gasteiger partial charge >= 0.3 is 5.97 Å². The van der Waals surface area contributed by atoms with Crippen molar-refractivity contribution in [2.24, 2.45) is 0 Å². The second kappa shape index (κ2) is 3.98. The average Bonchev–Trinajstić information content (AvgIpc) is 2.02. The summed E-state index contributed by atoms with van der Waals surface area (Å²) in [4.78, 5) is 15.1. The molecule has 1 aromatic heterocycles. The molecule has 0 bridgehead atoms. The zero-order valence-corrected chi connectivity index (χ0v) is 10.9. The summed E-state index contributed by atoms with van der Waals surface area (Å²) in [5, 5.41) is 9.02. The van der Waals surface area contributed by atoms with E-state index in [1.165, 1.54) is 0 Å². The molecule has 0 fully saturated rings. The summed E-state index contributed by atoms with van der Waals surface area (Å²) >= 11 is 6.56. The van der Waals surface area contributed by atoms with Gasteiger partial charge in [0.15, 0.2) is 0 Å². The van der Waals surface area contributed by atoms with Crippen LogP contribution in [0.3, 0.4) is 0 Å². The summed E-state index contributed by atoms with van der Waals surface area (Å²) in [5.41, 5.74) is -0.465. The maximum atomic E-state index is 11.0. The number of aromatic nitrogens is 1. The molecule has 0 radical (unpaired) electrons. The second-order valence-electron chi connectivity index (χ2n) is 3.41. The highest BCUT2D eigenvalue weighted by Gasteiger charge is 2.32. The number of aliphatic carboxylic acids is 1. The molecule has 3 nitrogen and oxygen atoms in total. The van der Waals surface area contributed by atoms with Crippen molar-refractivity contribution in [1.29, 1.82) is 0 Å². The highest BCUT2D eigenvalue weighted by Crippen LogP contribution is 2.30. The number of halogens is 2. The predicted octanol–water partition coefficient (Wildman–Crippen LogP) is 2.97. The van der Waals surface area contributed by atoms with Gasteiger partial charge in [0, 0.05) is 15.1 Å². The van der Waals surface area contributed by atoms with Crippen LogP contribution in [0.4, 0.5) is 0 Å². The van der Waals surface area contributed by atoms with Crippen molar-refractivity contribution in [2.45, 2.75) is 19.3 Å². The van der Waals surface area contributed by atoms with Crippen LogP contribution in [0.25, 0.3) is 0 Å². The zero-order chi connectivity index (χ0) is 10.9. The normalized spacial score (nSPS) is 11.4. The first-order valence-corrected chi connectivity index (χ1v) is 5.49. The molecule has 5 heteroatoms. The molecule has 1 aromatic rings. The molecule has 0 aliphatic rings. The Kier molecular flexibility index (Phi) is 3.32. The monoisotopic (exact) mass is 321 g/mol. The third kappa shape index (κ3) is 2.15. The van der Waals surface area contributed by atoms with E-state index >= 15 is 0 Å². The van der Waals surface area contributed by atoms with Gasteiger partial charge in [0.05, 0.1) is 5.69 Å². The van der Waals surface area contributed by atoms with E-state index < -0.39 is 11.4 Å². The van der Waals surface area contributed by atoms with E-state index in [1.54, 1.807) is 26.1 Å². The van der Waals surface area contributed by atoms with Gasteiger partial charge < -0.3 is 5.11 Å². The standard InChI is InChI=1S/C9H9Br2NO2/c1-9(2,8(13)14)7-6(11)3-5(10)4-12-7/h3-4H,1-2H3,(H,13,14). The molecule has 76 valence electrons. The molecule has 0 saturated carbocycles. The molecular formula is C9H9Br2NO2. The third-order valence-electron chi connectivity index (χ3n) is 1.93. The number of pyridine rings is 1. The molecule has 1 N–H and O–H groups in total. The number of nitrogens with zero attached hydrogens (tertiary/aromatic N) is 1. The average molecular weight is 323 g/mol. The van der Waals surface area contributed by atoms with E-state index in [-0.39, 0.29) is 0 Å². The Labute approximate surface area is 98.8 Å². The van der Waals surface area contributed by atoms with Crippen LogP contribution in [0.5, 0.6) is 0 Å². The van der Waals surface area contributed by atoms with Crippen LogP contribution in [0, 0.1) is 0 Å². The Bertz CT molecular complexity index is 377. The lowest BCUT2D eigenvalue weighted by Crippen LogP contribution is -2.30. The maximum absolute atomic E-state index is 11.0. The molecule has 0 atom stereocenters. The van der Waals surface area contributed by atoms with E-state index in [0.29, 0.717) is 10.2 Å². The molecule has 1 rings (SSSR count). The van der Waals surface area contributed by atoms with E-state index in [4.69, 9.17) is 5.11 Å². The van der Waals surface area contributed by atoms with Gasteiger partial charge in [-0.05, 0) is 51.8 Å². The largest absolute Gasteiger partial charge is 0.481 e. The van der Waals surface area contributed by atoms with Crippen LogP contribution in [0.1, 0.15) is 19.5 Å². The highest BCUT2D eigenvalue weighted by molar-refractivity contribution is 9.11. The van der Waals surface area contributed by atoms with Crippen LogP contribution >= 0.6 is 31.9 Å². The third-order valence-corrected chi connectivity index (χ3v) is 2.97. The molecular weight excluding hydrogens is 314 g/mol. The van der Waals surface area contributed by atoms with Crippen molar-refractivity contribution in [2.75, 3.05) is 0 Å². The summed E-state index contributed by atoms with van der Waals surface area (Å²) < 4.78 is 1.51. The van der Waals surface area contributed by atoms with E-state index in [1.807, 2.05) is 0 Å². The van der Waals surface area contributed by atoms with Crippen molar-refractivity contribution in [3.05, 3.63) is 26.9 Å². The molecule has 0 amide bonds. The Morgan fingerprint density at radius 2 is 2.07 bits per heavy atom. The fourth-order valence-electron chi connectivity index (χ4n) is 0.976. The predicted molar refractivity (Wildman–Crippen MR) is 60.3 cm³/mol. The molecule has 0 spiro atoms. The number of hydrogen-bond donors (Lipinski definition) is 1. The Hall–Kier alpha value is -0.420. The van der Waals surface area contributed by atoms with Crippen molar-refractivity contribution < 1.29 is 9.90 Å². The summed E-state index contributed by atoms with van der Waals surface area (Å²) in [6.45, 7) is 3.24. The fraction of sp³-hybridized carbons (Fsp3) is 0.333. The van der Waals surface area contributed by atoms with Crippen molar-refractivity contribution in [3.8, 4) is 0 Å². The zero-order valence-electron chi connectivity index (χ0n) is 7.71. The minimum Gasteiger partial charge on any atom is -0.481 e. The summed E-state index contributed by atoms with van der Waals surface area (Å²) in [5.74, 6) is -0.895. The first-order valence-electron chi connectivity index (χ1n) is 3.90. The smallest absolute Gasteiger partial charge is 0.315 e. The maximum Gasteiger partial charge on any atom is 0.315 e. The minimum atomic E-state index is -0.987. The van der Waals surface area contributed by atoms with Gasteiger partial charge in [-0.1, -0.05) is 0 Å². The molecule has 0 aliphatic heterocycles. The van der Waals surface area contributed by atoms with Crippen LogP contribution in [0.2, 0.25) is 0 Å². The van der Waals surface area contributed by atoms with Crippen LogP contribution in [0.15, 0.2) is 21.2 Å². The van der Waals surface area contributed by atoms with E-state index in [0.717, 1.165) is 4.47 Å². The van der Waals surface area contributed by atoms with Crippen LogP contribution in [-0.4, -0.2) is 16.1 Å². The fourth-order valence-corrected chi connectivity index (χ4v) is 2.46. The van der Waals surface area contributed by atoms with E-state index in [9.17, 15) is 4.79 Å². The lowest BCUT2D eigenvalue weighted by atomic mass is 9.89. The molecule has 0 aromatic carbocycles. The SMILES string of the molecule is CC(C)(C(=O)O)c1ncc(Br)cc1Br. The molecule has 0 unspecified atom stereocenters.